The quantitative estimate of drug-likeness (QED) is 0.716. The number of morpholine rings is 1. The predicted molar refractivity (Wildman–Crippen MR) is 56.9 cm³/mol. The van der Waals surface area contributed by atoms with Crippen molar-refractivity contribution in [1.82, 2.24) is 4.31 Å². The Kier molecular flexibility index (Phi) is 3.03. The molecular formula is C9H18N2O3S. The molecule has 88 valence electrons. The summed E-state index contributed by atoms with van der Waals surface area (Å²) in [5.41, 5.74) is 5.50. The standard InChI is InChI=1S/C9H18N2O3S/c1-7-6-14-8(4-10)5-11(7)15(12,13)9-2-3-9/h7-9H,2-6,10H2,1H3. The molecule has 1 saturated heterocycles. The van der Waals surface area contributed by atoms with Crippen LogP contribution in [0.3, 0.4) is 0 Å². The van der Waals surface area contributed by atoms with Crippen molar-refractivity contribution in [1.29, 1.82) is 0 Å². The van der Waals surface area contributed by atoms with Crippen LogP contribution >= 0.6 is 0 Å². The number of sulfonamides is 1. The third-order valence-corrected chi connectivity index (χ3v) is 5.46. The molecule has 0 aromatic carbocycles. The molecule has 1 heterocycles. The van der Waals surface area contributed by atoms with Crippen LogP contribution in [0.4, 0.5) is 0 Å². The zero-order valence-electron chi connectivity index (χ0n) is 8.93. The number of rotatable bonds is 3. The summed E-state index contributed by atoms with van der Waals surface area (Å²) in [6, 6.07) is -0.0570. The topological polar surface area (TPSA) is 72.6 Å². The molecule has 0 spiro atoms. The Bertz CT molecular complexity index is 326. The molecule has 0 aromatic rings. The van der Waals surface area contributed by atoms with Crippen LogP contribution in [0.5, 0.6) is 0 Å². The van der Waals surface area contributed by atoms with Crippen molar-refractivity contribution in [3.8, 4) is 0 Å². The second kappa shape index (κ2) is 4.01. The van der Waals surface area contributed by atoms with Crippen molar-refractivity contribution < 1.29 is 13.2 Å². The fraction of sp³-hybridized carbons (Fsp3) is 1.00. The van der Waals surface area contributed by atoms with Gasteiger partial charge in [-0.15, -0.1) is 0 Å². The predicted octanol–water partition coefficient (Wildman–Crippen LogP) is -0.473. The average molecular weight is 234 g/mol. The van der Waals surface area contributed by atoms with Gasteiger partial charge in [-0.25, -0.2) is 8.42 Å². The summed E-state index contributed by atoms with van der Waals surface area (Å²) in [4.78, 5) is 0. The first kappa shape index (κ1) is 11.3. The number of hydrogen-bond acceptors (Lipinski definition) is 4. The number of hydrogen-bond donors (Lipinski definition) is 1. The molecule has 1 aliphatic carbocycles. The van der Waals surface area contributed by atoms with E-state index < -0.39 is 10.0 Å². The van der Waals surface area contributed by atoms with Crippen LogP contribution in [-0.2, 0) is 14.8 Å². The van der Waals surface area contributed by atoms with E-state index >= 15 is 0 Å². The van der Waals surface area contributed by atoms with Gasteiger partial charge >= 0.3 is 0 Å². The van der Waals surface area contributed by atoms with E-state index in [1.165, 1.54) is 0 Å². The minimum atomic E-state index is -3.08. The summed E-state index contributed by atoms with van der Waals surface area (Å²) < 4.78 is 31.1. The van der Waals surface area contributed by atoms with E-state index in [1.54, 1.807) is 4.31 Å². The maximum Gasteiger partial charge on any atom is 0.217 e. The molecule has 6 heteroatoms. The van der Waals surface area contributed by atoms with Gasteiger partial charge in [0.2, 0.25) is 10.0 Å². The number of ether oxygens (including phenoxy) is 1. The Balaban J connectivity index is 2.11. The van der Waals surface area contributed by atoms with Gasteiger partial charge in [0, 0.05) is 19.1 Å². The molecule has 2 aliphatic rings. The molecule has 2 atom stereocenters. The maximum atomic E-state index is 12.0. The van der Waals surface area contributed by atoms with Gasteiger partial charge in [0.05, 0.1) is 18.0 Å². The van der Waals surface area contributed by atoms with Gasteiger partial charge in [0.25, 0.3) is 0 Å². The van der Waals surface area contributed by atoms with Crippen LogP contribution in [-0.4, -0.2) is 49.8 Å². The van der Waals surface area contributed by atoms with E-state index in [2.05, 4.69) is 0 Å². The Labute approximate surface area is 90.6 Å². The van der Waals surface area contributed by atoms with Crippen molar-refractivity contribution in [2.75, 3.05) is 19.7 Å². The summed E-state index contributed by atoms with van der Waals surface area (Å²) >= 11 is 0. The molecule has 0 bridgehead atoms. The SMILES string of the molecule is CC1COC(CN)CN1S(=O)(=O)C1CC1. The van der Waals surface area contributed by atoms with Gasteiger partial charge in [-0.2, -0.15) is 4.31 Å². The minimum absolute atomic E-state index is 0.0570. The highest BCUT2D eigenvalue weighted by atomic mass is 32.2. The van der Waals surface area contributed by atoms with Crippen LogP contribution in [0.25, 0.3) is 0 Å². The number of nitrogens with two attached hydrogens (primary N) is 1. The van der Waals surface area contributed by atoms with Gasteiger partial charge in [0.1, 0.15) is 0 Å². The normalized spacial score (nSPS) is 34.3. The highest BCUT2D eigenvalue weighted by Gasteiger charge is 2.43. The summed E-state index contributed by atoms with van der Waals surface area (Å²) in [6.07, 6.45) is 1.47. The van der Waals surface area contributed by atoms with Gasteiger partial charge in [-0.3, -0.25) is 0 Å². The minimum Gasteiger partial charge on any atom is -0.374 e. The Morgan fingerprint density at radius 1 is 1.47 bits per heavy atom. The van der Waals surface area contributed by atoms with Crippen LogP contribution in [0, 0.1) is 0 Å². The van der Waals surface area contributed by atoms with Crippen LogP contribution in [0.1, 0.15) is 19.8 Å². The summed E-state index contributed by atoms with van der Waals surface area (Å²) in [5.74, 6) is 0. The summed E-state index contributed by atoms with van der Waals surface area (Å²) in [5, 5.41) is -0.142. The lowest BCUT2D eigenvalue weighted by Crippen LogP contribution is -2.53. The monoisotopic (exact) mass is 234 g/mol. The second-order valence-corrected chi connectivity index (χ2v) is 6.52. The Morgan fingerprint density at radius 2 is 2.13 bits per heavy atom. The zero-order valence-corrected chi connectivity index (χ0v) is 9.74. The van der Waals surface area contributed by atoms with E-state index in [0.717, 1.165) is 12.8 Å². The first-order valence-electron chi connectivity index (χ1n) is 5.38. The molecule has 0 aromatic heterocycles. The fourth-order valence-electron chi connectivity index (χ4n) is 1.85. The highest BCUT2D eigenvalue weighted by Crippen LogP contribution is 2.33. The van der Waals surface area contributed by atoms with Crippen LogP contribution in [0.15, 0.2) is 0 Å². The molecule has 2 fully saturated rings. The smallest absolute Gasteiger partial charge is 0.217 e. The van der Waals surface area contributed by atoms with Crippen LogP contribution < -0.4 is 5.73 Å². The van der Waals surface area contributed by atoms with E-state index in [9.17, 15) is 8.42 Å². The zero-order chi connectivity index (χ0) is 11.1. The molecule has 5 nitrogen and oxygen atoms in total. The first-order valence-corrected chi connectivity index (χ1v) is 6.88. The highest BCUT2D eigenvalue weighted by molar-refractivity contribution is 7.90. The second-order valence-electron chi connectivity index (χ2n) is 4.35. The molecule has 2 N–H and O–H groups in total. The molecule has 15 heavy (non-hydrogen) atoms. The summed E-state index contributed by atoms with van der Waals surface area (Å²) in [7, 11) is -3.08. The molecule has 2 unspecified atom stereocenters. The van der Waals surface area contributed by atoms with Gasteiger partial charge < -0.3 is 10.5 Å². The first-order chi connectivity index (χ1) is 7.05. The van der Waals surface area contributed by atoms with E-state index in [1.807, 2.05) is 6.92 Å². The van der Waals surface area contributed by atoms with Crippen LogP contribution in [0.2, 0.25) is 0 Å². The third-order valence-electron chi connectivity index (χ3n) is 2.98. The van der Waals surface area contributed by atoms with Gasteiger partial charge in [-0.05, 0) is 19.8 Å². The average Bonchev–Trinajstić information content (AvgIpc) is 3.01. The molecule has 1 aliphatic heterocycles. The molecule has 0 amide bonds. The largest absolute Gasteiger partial charge is 0.374 e. The van der Waals surface area contributed by atoms with Crippen molar-refractivity contribution in [3.05, 3.63) is 0 Å². The van der Waals surface area contributed by atoms with E-state index in [0.29, 0.717) is 19.7 Å². The fourth-order valence-corrected chi connectivity index (χ4v) is 3.90. The lowest BCUT2D eigenvalue weighted by molar-refractivity contribution is -0.0220. The lowest BCUT2D eigenvalue weighted by atomic mass is 10.2. The maximum absolute atomic E-state index is 12.0. The molecule has 0 radical (unpaired) electrons. The van der Waals surface area contributed by atoms with E-state index in [4.69, 9.17) is 10.5 Å². The van der Waals surface area contributed by atoms with Crippen molar-refractivity contribution in [3.63, 3.8) is 0 Å². The Morgan fingerprint density at radius 3 is 2.67 bits per heavy atom. The van der Waals surface area contributed by atoms with Crippen molar-refractivity contribution in [2.45, 2.75) is 37.2 Å². The molecule has 2 rings (SSSR count). The molecule has 1 saturated carbocycles. The third kappa shape index (κ3) is 2.18. The molecular weight excluding hydrogens is 216 g/mol. The van der Waals surface area contributed by atoms with Crippen molar-refractivity contribution >= 4 is 10.0 Å². The number of nitrogens with zero attached hydrogens (tertiary/aromatic N) is 1. The van der Waals surface area contributed by atoms with Gasteiger partial charge in [-0.1, -0.05) is 0 Å². The van der Waals surface area contributed by atoms with E-state index in [-0.39, 0.29) is 17.4 Å². The summed E-state index contributed by atoms with van der Waals surface area (Å²) in [6.45, 7) is 3.13. The lowest BCUT2D eigenvalue weighted by Gasteiger charge is -2.36. The van der Waals surface area contributed by atoms with Gasteiger partial charge in [0.15, 0.2) is 0 Å². The Hall–Kier alpha value is -0.170. The van der Waals surface area contributed by atoms with Crippen molar-refractivity contribution in [2.24, 2.45) is 5.73 Å².